The van der Waals surface area contributed by atoms with Gasteiger partial charge in [-0.1, -0.05) is 6.92 Å². The summed E-state index contributed by atoms with van der Waals surface area (Å²) in [6, 6.07) is 4.46. The number of likely N-dealkylation sites (tertiary alicyclic amines) is 1. The summed E-state index contributed by atoms with van der Waals surface area (Å²) in [5, 5.41) is 10.2. The van der Waals surface area contributed by atoms with Crippen LogP contribution in [0.3, 0.4) is 0 Å². The maximum Gasteiger partial charge on any atom is 0.133 e. The molecule has 1 N–H and O–H groups in total. The first kappa shape index (κ1) is 15.0. The normalized spacial score (nSPS) is 24.1. The lowest BCUT2D eigenvalue weighted by atomic mass is 10.0. The van der Waals surface area contributed by atoms with Crippen LogP contribution in [0.15, 0.2) is 16.5 Å². The molecule has 1 aromatic rings. The van der Waals surface area contributed by atoms with Gasteiger partial charge in [0.25, 0.3) is 0 Å². The maximum absolute atomic E-state index is 10.2. The summed E-state index contributed by atoms with van der Waals surface area (Å²) < 4.78 is 5.49. The lowest BCUT2D eigenvalue weighted by Gasteiger charge is -2.48. The fraction of sp³-hybridized carbons (Fsp3) is 0.750. The van der Waals surface area contributed by atoms with E-state index in [1.807, 2.05) is 19.1 Å². The van der Waals surface area contributed by atoms with Gasteiger partial charge in [-0.15, -0.1) is 0 Å². The van der Waals surface area contributed by atoms with Crippen LogP contribution < -0.4 is 0 Å². The van der Waals surface area contributed by atoms with Crippen molar-refractivity contribution < 1.29 is 9.52 Å². The monoisotopic (exact) mass is 293 g/mol. The molecule has 0 saturated carbocycles. The number of aryl methyl sites for hydroxylation is 1. The largest absolute Gasteiger partial charge is 0.464 e. The molecule has 2 fully saturated rings. The van der Waals surface area contributed by atoms with Gasteiger partial charge < -0.3 is 14.4 Å². The second-order valence-corrected chi connectivity index (χ2v) is 6.31. The highest BCUT2D eigenvalue weighted by atomic mass is 16.4. The quantitative estimate of drug-likeness (QED) is 0.875. The lowest BCUT2D eigenvalue weighted by Crippen LogP contribution is -2.63. The van der Waals surface area contributed by atoms with E-state index < -0.39 is 6.10 Å². The Morgan fingerprint density at radius 2 is 1.90 bits per heavy atom. The van der Waals surface area contributed by atoms with E-state index in [0.29, 0.717) is 18.3 Å². The third-order valence-electron chi connectivity index (χ3n) is 4.83. The molecular formula is C16H27N3O2. The van der Waals surface area contributed by atoms with Crippen molar-refractivity contribution in [1.82, 2.24) is 14.7 Å². The fourth-order valence-corrected chi connectivity index (χ4v) is 3.33. The summed E-state index contributed by atoms with van der Waals surface area (Å²) in [4.78, 5) is 7.43. The molecule has 1 aromatic heterocycles. The van der Waals surface area contributed by atoms with Crippen LogP contribution in [0.4, 0.5) is 0 Å². The molecule has 2 aliphatic rings. The molecule has 5 heteroatoms. The van der Waals surface area contributed by atoms with Crippen molar-refractivity contribution in [3.05, 3.63) is 23.7 Å². The Morgan fingerprint density at radius 3 is 2.48 bits per heavy atom. The van der Waals surface area contributed by atoms with E-state index in [9.17, 15) is 5.11 Å². The number of furan rings is 1. The van der Waals surface area contributed by atoms with E-state index >= 15 is 0 Å². The molecule has 118 valence electrons. The molecule has 0 radical (unpaired) electrons. The van der Waals surface area contributed by atoms with E-state index in [2.05, 4.69) is 21.6 Å². The predicted molar refractivity (Wildman–Crippen MR) is 82.3 cm³/mol. The number of β-amino-alcohol motifs (C(OH)–C–C–N with tert-alkyl or cyclic N) is 1. The number of hydrogen-bond acceptors (Lipinski definition) is 5. The number of aliphatic hydroxyl groups excluding tert-OH is 1. The highest BCUT2D eigenvalue weighted by Gasteiger charge is 2.34. The van der Waals surface area contributed by atoms with Gasteiger partial charge in [-0.2, -0.15) is 0 Å². The van der Waals surface area contributed by atoms with Crippen molar-refractivity contribution in [3.63, 3.8) is 0 Å². The number of rotatable bonds is 5. The van der Waals surface area contributed by atoms with Gasteiger partial charge in [-0.25, -0.2) is 0 Å². The number of aliphatic hydroxyl groups is 1. The molecule has 0 aromatic carbocycles. The second kappa shape index (κ2) is 6.48. The molecular weight excluding hydrogens is 266 g/mol. The van der Waals surface area contributed by atoms with Crippen molar-refractivity contribution >= 4 is 0 Å². The van der Waals surface area contributed by atoms with Gasteiger partial charge in [0.05, 0.1) is 0 Å². The Morgan fingerprint density at radius 1 is 1.19 bits per heavy atom. The SMILES string of the molecule is CCN1CCN(C2CN(CC(O)c3ccc(C)o3)C2)CC1. The predicted octanol–water partition coefficient (Wildman–Crippen LogP) is 0.943. The Labute approximate surface area is 127 Å². The zero-order valence-corrected chi connectivity index (χ0v) is 13.2. The van der Waals surface area contributed by atoms with E-state index in [4.69, 9.17) is 4.42 Å². The second-order valence-electron chi connectivity index (χ2n) is 6.31. The van der Waals surface area contributed by atoms with Crippen molar-refractivity contribution in [3.8, 4) is 0 Å². The Hall–Kier alpha value is -0.880. The standard InChI is InChI=1S/C16H27N3O2/c1-3-17-6-8-19(9-7-17)14-10-18(11-14)12-15(20)16-5-4-13(2)21-16/h4-5,14-15,20H,3,6-12H2,1-2H3. The number of piperazine rings is 1. The minimum absolute atomic E-state index is 0.503. The third kappa shape index (κ3) is 3.48. The van der Waals surface area contributed by atoms with Gasteiger partial charge in [0.2, 0.25) is 0 Å². The van der Waals surface area contributed by atoms with E-state index in [0.717, 1.165) is 18.8 Å². The summed E-state index contributed by atoms with van der Waals surface area (Å²) in [6.45, 7) is 12.9. The van der Waals surface area contributed by atoms with Gasteiger partial charge in [-0.05, 0) is 25.6 Å². The average Bonchev–Trinajstić information content (AvgIpc) is 2.89. The van der Waals surface area contributed by atoms with Crippen LogP contribution in [0.25, 0.3) is 0 Å². The van der Waals surface area contributed by atoms with Gasteiger partial charge in [-0.3, -0.25) is 9.80 Å². The first-order valence-electron chi connectivity index (χ1n) is 8.09. The molecule has 1 unspecified atom stereocenters. The van der Waals surface area contributed by atoms with Gasteiger partial charge >= 0.3 is 0 Å². The molecule has 3 heterocycles. The van der Waals surface area contributed by atoms with Gasteiger partial charge in [0.15, 0.2) is 0 Å². The molecule has 2 aliphatic heterocycles. The lowest BCUT2D eigenvalue weighted by molar-refractivity contribution is -0.0181. The molecule has 0 spiro atoms. The topological polar surface area (TPSA) is 43.1 Å². The van der Waals surface area contributed by atoms with Gasteiger partial charge in [0.1, 0.15) is 17.6 Å². The molecule has 0 amide bonds. The smallest absolute Gasteiger partial charge is 0.133 e. The third-order valence-corrected chi connectivity index (χ3v) is 4.83. The fourth-order valence-electron chi connectivity index (χ4n) is 3.33. The van der Waals surface area contributed by atoms with Crippen LogP contribution >= 0.6 is 0 Å². The first-order valence-corrected chi connectivity index (χ1v) is 8.09. The van der Waals surface area contributed by atoms with Crippen LogP contribution in [-0.4, -0.2) is 78.2 Å². The van der Waals surface area contributed by atoms with Crippen LogP contribution in [0.5, 0.6) is 0 Å². The zero-order chi connectivity index (χ0) is 14.8. The molecule has 2 saturated heterocycles. The Kier molecular flexibility index (Phi) is 4.64. The summed E-state index contributed by atoms with van der Waals surface area (Å²) in [6.07, 6.45) is -0.503. The Bertz CT molecular complexity index is 448. The average molecular weight is 293 g/mol. The summed E-state index contributed by atoms with van der Waals surface area (Å²) in [7, 11) is 0. The zero-order valence-electron chi connectivity index (χ0n) is 13.2. The van der Waals surface area contributed by atoms with Crippen molar-refractivity contribution in [2.45, 2.75) is 26.0 Å². The van der Waals surface area contributed by atoms with Crippen LogP contribution in [0.2, 0.25) is 0 Å². The summed E-state index contributed by atoms with van der Waals surface area (Å²) >= 11 is 0. The van der Waals surface area contributed by atoms with Crippen LogP contribution in [0.1, 0.15) is 24.5 Å². The van der Waals surface area contributed by atoms with Gasteiger partial charge in [0, 0.05) is 51.9 Å². The summed E-state index contributed by atoms with van der Waals surface area (Å²) in [5.41, 5.74) is 0. The maximum atomic E-state index is 10.2. The van der Waals surface area contributed by atoms with E-state index in [1.165, 1.54) is 32.7 Å². The summed E-state index contributed by atoms with van der Waals surface area (Å²) in [5.74, 6) is 1.55. The number of nitrogens with zero attached hydrogens (tertiary/aromatic N) is 3. The van der Waals surface area contributed by atoms with Crippen molar-refractivity contribution in [2.75, 3.05) is 52.4 Å². The Balaban J connectivity index is 1.40. The van der Waals surface area contributed by atoms with Crippen molar-refractivity contribution in [1.29, 1.82) is 0 Å². The highest BCUT2D eigenvalue weighted by Crippen LogP contribution is 2.22. The minimum atomic E-state index is -0.503. The molecule has 0 aliphatic carbocycles. The molecule has 1 atom stereocenters. The van der Waals surface area contributed by atoms with E-state index in [1.54, 1.807) is 0 Å². The highest BCUT2D eigenvalue weighted by molar-refractivity contribution is 5.08. The molecule has 0 bridgehead atoms. The van der Waals surface area contributed by atoms with Crippen LogP contribution in [0, 0.1) is 6.92 Å². The number of hydrogen-bond donors (Lipinski definition) is 1. The molecule has 3 rings (SSSR count). The number of likely N-dealkylation sites (N-methyl/N-ethyl adjacent to an activating group) is 1. The first-order chi connectivity index (χ1) is 10.2. The van der Waals surface area contributed by atoms with Crippen LogP contribution in [-0.2, 0) is 0 Å². The molecule has 21 heavy (non-hydrogen) atoms. The minimum Gasteiger partial charge on any atom is -0.464 e. The van der Waals surface area contributed by atoms with E-state index in [-0.39, 0.29) is 0 Å². The molecule has 5 nitrogen and oxygen atoms in total. The van der Waals surface area contributed by atoms with Crippen molar-refractivity contribution in [2.24, 2.45) is 0 Å².